The summed E-state index contributed by atoms with van der Waals surface area (Å²) in [7, 11) is 1.31. The van der Waals surface area contributed by atoms with E-state index in [1.54, 1.807) is 19.1 Å². The highest BCUT2D eigenvalue weighted by molar-refractivity contribution is 5.92. The molecular formula is C14H16O5. The van der Waals surface area contributed by atoms with Crippen molar-refractivity contribution < 1.29 is 23.9 Å². The Morgan fingerprint density at radius 1 is 1.26 bits per heavy atom. The highest BCUT2D eigenvalue weighted by Gasteiger charge is 2.10. The highest BCUT2D eigenvalue weighted by Crippen LogP contribution is 2.13. The zero-order chi connectivity index (χ0) is 14.3. The molecule has 1 rings (SSSR count). The molecule has 5 heteroatoms. The number of hydrogen-bond donors (Lipinski definition) is 0. The van der Waals surface area contributed by atoms with Crippen LogP contribution in [0.5, 0.6) is 0 Å². The van der Waals surface area contributed by atoms with Crippen molar-refractivity contribution in [3.8, 4) is 0 Å². The van der Waals surface area contributed by atoms with Gasteiger partial charge in [-0.2, -0.15) is 0 Å². The molecule has 0 radical (unpaired) electrons. The molecule has 0 N–H and O–H groups in total. The number of methoxy groups -OCH3 is 1. The van der Waals surface area contributed by atoms with Gasteiger partial charge < -0.3 is 9.47 Å². The van der Waals surface area contributed by atoms with Crippen LogP contribution >= 0.6 is 0 Å². The van der Waals surface area contributed by atoms with E-state index < -0.39 is 5.97 Å². The van der Waals surface area contributed by atoms with Gasteiger partial charge in [-0.1, -0.05) is 0 Å². The molecule has 0 aliphatic carbocycles. The first kappa shape index (κ1) is 14.9. The summed E-state index contributed by atoms with van der Waals surface area (Å²) in [5, 5.41) is 0. The molecule has 102 valence electrons. The van der Waals surface area contributed by atoms with E-state index in [2.05, 4.69) is 4.74 Å². The lowest BCUT2D eigenvalue weighted by Crippen LogP contribution is -2.07. The van der Waals surface area contributed by atoms with Gasteiger partial charge in [-0.25, -0.2) is 4.79 Å². The molecule has 0 aliphatic rings. The number of aldehydes is 1. The van der Waals surface area contributed by atoms with Gasteiger partial charge >= 0.3 is 11.9 Å². The Balaban J connectivity index is 2.91. The summed E-state index contributed by atoms with van der Waals surface area (Å²) in [6.07, 6.45) is 1.26. The van der Waals surface area contributed by atoms with Gasteiger partial charge in [-0.05, 0) is 37.1 Å². The largest absolute Gasteiger partial charge is 0.469 e. The Bertz CT molecular complexity index is 479. The van der Waals surface area contributed by atoms with Crippen molar-refractivity contribution in [2.24, 2.45) is 0 Å². The maximum Gasteiger partial charge on any atom is 0.338 e. The van der Waals surface area contributed by atoms with E-state index in [1.807, 2.05) is 0 Å². The normalized spacial score (nSPS) is 9.79. The molecular weight excluding hydrogens is 248 g/mol. The summed E-state index contributed by atoms with van der Waals surface area (Å²) in [4.78, 5) is 33.5. The predicted molar refractivity (Wildman–Crippen MR) is 68.1 cm³/mol. The predicted octanol–water partition coefficient (Wildman–Crippen LogP) is 1.78. The van der Waals surface area contributed by atoms with E-state index in [1.165, 1.54) is 13.2 Å². The fourth-order valence-corrected chi connectivity index (χ4v) is 1.61. The van der Waals surface area contributed by atoms with Crippen LogP contribution in [0.25, 0.3) is 0 Å². The van der Waals surface area contributed by atoms with Crippen LogP contribution in [-0.4, -0.2) is 31.9 Å². The first-order chi connectivity index (χ1) is 9.10. The Labute approximate surface area is 111 Å². The first-order valence-electron chi connectivity index (χ1n) is 5.93. The molecule has 0 saturated heterocycles. The second kappa shape index (κ2) is 7.31. The standard InChI is InChI=1S/C14H16O5/c1-3-19-14(17)12-7-10(4-5-13(16)18-2)6-11(8-12)9-15/h6-9H,3-5H2,1-2H3. The van der Waals surface area contributed by atoms with E-state index in [0.29, 0.717) is 23.8 Å². The molecule has 19 heavy (non-hydrogen) atoms. The summed E-state index contributed by atoms with van der Waals surface area (Å²) in [6, 6.07) is 4.72. The lowest BCUT2D eigenvalue weighted by molar-refractivity contribution is -0.140. The minimum Gasteiger partial charge on any atom is -0.469 e. The lowest BCUT2D eigenvalue weighted by atomic mass is 10.0. The molecule has 0 atom stereocenters. The van der Waals surface area contributed by atoms with Gasteiger partial charge in [0.25, 0.3) is 0 Å². The summed E-state index contributed by atoms with van der Waals surface area (Å²) in [6.45, 7) is 1.97. The maximum atomic E-state index is 11.6. The van der Waals surface area contributed by atoms with Crippen molar-refractivity contribution in [2.75, 3.05) is 13.7 Å². The molecule has 0 amide bonds. The van der Waals surface area contributed by atoms with Gasteiger partial charge in [-0.15, -0.1) is 0 Å². The molecule has 0 saturated carbocycles. The zero-order valence-electron chi connectivity index (χ0n) is 11.0. The molecule has 1 aromatic carbocycles. The smallest absolute Gasteiger partial charge is 0.338 e. The van der Waals surface area contributed by atoms with E-state index in [4.69, 9.17) is 4.74 Å². The van der Waals surface area contributed by atoms with E-state index >= 15 is 0 Å². The number of benzene rings is 1. The minimum absolute atomic E-state index is 0.196. The average molecular weight is 264 g/mol. The van der Waals surface area contributed by atoms with Gasteiger partial charge in [0.2, 0.25) is 0 Å². The third kappa shape index (κ3) is 4.54. The number of hydrogen-bond acceptors (Lipinski definition) is 5. The van der Waals surface area contributed by atoms with Crippen LogP contribution in [0, 0.1) is 0 Å². The maximum absolute atomic E-state index is 11.6. The van der Waals surface area contributed by atoms with Crippen LogP contribution in [0.3, 0.4) is 0 Å². The van der Waals surface area contributed by atoms with Gasteiger partial charge in [0.05, 0.1) is 19.3 Å². The number of carbonyl (C=O) groups is 3. The first-order valence-corrected chi connectivity index (χ1v) is 5.93. The van der Waals surface area contributed by atoms with Gasteiger partial charge in [0.15, 0.2) is 0 Å². The Morgan fingerprint density at radius 3 is 2.58 bits per heavy atom. The van der Waals surface area contributed by atoms with Crippen molar-refractivity contribution in [3.05, 3.63) is 34.9 Å². The summed E-state index contributed by atoms with van der Waals surface area (Å²) < 4.78 is 9.43. The second-order valence-electron chi connectivity index (χ2n) is 3.88. The minimum atomic E-state index is -0.481. The molecule has 1 aromatic rings. The molecule has 0 unspecified atom stereocenters. The third-order valence-electron chi connectivity index (χ3n) is 2.51. The van der Waals surface area contributed by atoms with Crippen molar-refractivity contribution >= 4 is 18.2 Å². The third-order valence-corrected chi connectivity index (χ3v) is 2.51. The molecule has 0 spiro atoms. The monoisotopic (exact) mass is 264 g/mol. The molecule has 5 nitrogen and oxygen atoms in total. The van der Waals surface area contributed by atoms with Crippen molar-refractivity contribution in [1.82, 2.24) is 0 Å². The second-order valence-corrected chi connectivity index (χ2v) is 3.88. The van der Waals surface area contributed by atoms with E-state index in [9.17, 15) is 14.4 Å². The van der Waals surface area contributed by atoms with Gasteiger partial charge in [-0.3, -0.25) is 9.59 Å². The van der Waals surface area contributed by atoms with Crippen molar-refractivity contribution in [3.63, 3.8) is 0 Å². The van der Waals surface area contributed by atoms with Crippen LogP contribution in [0.1, 0.15) is 39.6 Å². The quantitative estimate of drug-likeness (QED) is 0.578. The van der Waals surface area contributed by atoms with Crippen LogP contribution < -0.4 is 0 Å². The van der Waals surface area contributed by atoms with Crippen LogP contribution in [0.4, 0.5) is 0 Å². The number of carbonyl (C=O) groups excluding carboxylic acids is 3. The number of aryl methyl sites for hydroxylation is 1. The Kier molecular flexibility index (Phi) is 5.73. The molecule has 0 aromatic heterocycles. The lowest BCUT2D eigenvalue weighted by Gasteiger charge is -2.06. The van der Waals surface area contributed by atoms with Gasteiger partial charge in [0.1, 0.15) is 6.29 Å². The zero-order valence-corrected chi connectivity index (χ0v) is 11.0. The summed E-state index contributed by atoms with van der Waals surface area (Å²) >= 11 is 0. The van der Waals surface area contributed by atoms with E-state index in [-0.39, 0.29) is 19.0 Å². The summed E-state index contributed by atoms with van der Waals surface area (Å²) in [5.74, 6) is -0.820. The fourth-order valence-electron chi connectivity index (χ4n) is 1.61. The van der Waals surface area contributed by atoms with E-state index in [0.717, 1.165) is 5.56 Å². The average Bonchev–Trinajstić information content (AvgIpc) is 2.44. The molecule has 0 bridgehead atoms. The van der Waals surface area contributed by atoms with Crippen LogP contribution in [0.2, 0.25) is 0 Å². The number of esters is 2. The fraction of sp³-hybridized carbons (Fsp3) is 0.357. The van der Waals surface area contributed by atoms with Crippen LogP contribution in [0.15, 0.2) is 18.2 Å². The SMILES string of the molecule is CCOC(=O)c1cc(C=O)cc(CCC(=O)OC)c1. The number of ether oxygens (including phenoxy) is 2. The van der Waals surface area contributed by atoms with Crippen molar-refractivity contribution in [2.45, 2.75) is 19.8 Å². The Morgan fingerprint density at radius 2 is 2.00 bits per heavy atom. The molecule has 0 heterocycles. The van der Waals surface area contributed by atoms with Crippen molar-refractivity contribution in [1.29, 1.82) is 0 Å². The number of rotatable bonds is 6. The molecule has 0 fully saturated rings. The highest BCUT2D eigenvalue weighted by atomic mass is 16.5. The van der Waals surface area contributed by atoms with Gasteiger partial charge in [0, 0.05) is 12.0 Å². The summed E-state index contributed by atoms with van der Waals surface area (Å²) in [5.41, 5.74) is 1.41. The van der Waals surface area contributed by atoms with Crippen LogP contribution in [-0.2, 0) is 20.7 Å². The molecule has 0 aliphatic heterocycles. The Hall–Kier alpha value is -2.17. The topological polar surface area (TPSA) is 69.7 Å².